The Morgan fingerprint density at radius 1 is 1.50 bits per heavy atom. The average Bonchev–Trinajstić information content (AvgIpc) is 2.60. The molecule has 0 radical (unpaired) electrons. The molecule has 0 unspecified atom stereocenters. The summed E-state index contributed by atoms with van der Waals surface area (Å²) in [6, 6.07) is 7.35. The molecule has 0 saturated carbocycles. The lowest BCUT2D eigenvalue weighted by Crippen LogP contribution is -1.92. The number of nitrogens with zero attached hydrogens (tertiary/aromatic N) is 1. The fraction of sp³-hybridized carbons (Fsp3) is 0.182. The zero-order chi connectivity index (χ0) is 11.5. The zero-order valence-corrected chi connectivity index (χ0v) is 9.49. The molecule has 1 aromatic heterocycles. The van der Waals surface area contributed by atoms with Crippen molar-refractivity contribution in [3.8, 4) is 11.1 Å². The molecule has 0 bridgehead atoms. The van der Waals surface area contributed by atoms with Crippen LogP contribution in [0, 0.1) is 0 Å². The predicted molar refractivity (Wildman–Crippen MR) is 62.1 cm³/mol. The van der Waals surface area contributed by atoms with Gasteiger partial charge in [0, 0.05) is 12.1 Å². The Bertz CT molecular complexity index is 496. The van der Waals surface area contributed by atoms with Gasteiger partial charge >= 0.3 is 0 Å². The Kier molecular flexibility index (Phi) is 3.12. The first-order valence-electron chi connectivity index (χ1n) is 4.71. The van der Waals surface area contributed by atoms with Crippen molar-refractivity contribution < 1.29 is 9.26 Å². The molecule has 16 heavy (non-hydrogen) atoms. The predicted octanol–water partition coefficient (Wildman–Crippen LogP) is 2.72. The van der Waals surface area contributed by atoms with Crippen LogP contribution in [0.2, 0.25) is 5.02 Å². The van der Waals surface area contributed by atoms with E-state index >= 15 is 0 Å². The summed E-state index contributed by atoms with van der Waals surface area (Å²) >= 11 is 5.92. The molecule has 0 saturated heterocycles. The van der Waals surface area contributed by atoms with Gasteiger partial charge in [-0.15, -0.1) is 0 Å². The first-order chi connectivity index (χ1) is 7.72. The molecule has 84 valence electrons. The third-order valence-corrected chi connectivity index (χ3v) is 2.42. The summed E-state index contributed by atoms with van der Waals surface area (Å²) in [5.41, 5.74) is 8.01. The first kappa shape index (κ1) is 11.0. The number of hydrogen-bond donors (Lipinski definition) is 1. The van der Waals surface area contributed by atoms with Gasteiger partial charge in [-0.05, 0) is 17.7 Å². The molecule has 0 aliphatic heterocycles. The quantitative estimate of drug-likeness (QED) is 0.893. The van der Waals surface area contributed by atoms with Gasteiger partial charge in [0.2, 0.25) is 5.88 Å². The van der Waals surface area contributed by atoms with Gasteiger partial charge < -0.3 is 15.0 Å². The number of nitrogens with two attached hydrogens (primary N) is 1. The molecule has 0 aliphatic carbocycles. The van der Waals surface area contributed by atoms with E-state index < -0.39 is 0 Å². The minimum absolute atomic E-state index is 0.273. The van der Waals surface area contributed by atoms with E-state index in [0.29, 0.717) is 17.3 Å². The summed E-state index contributed by atoms with van der Waals surface area (Å²) in [5, 5.41) is 4.48. The lowest BCUT2D eigenvalue weighted by molar-refractivity contribution is 0.178. The van der Waals surface area contributed by atoms with Crippen molar-refractivity contribution in [1.29, 1.82) is 0 Å². The van der Waals surface area contributed by atoms with Crippen LogP contribution in [0.15, 0.2) is 28.8 Å². The summed E-state index contributed by atoms with van der Waals surface area (Å²) in [4.78, 5) is 0. The number of aromatic nitrogens is 1. The maximum absolute atomic E-state index is 5.92. The molecule has 0 amide bonds. The van der Waals surface area contributed by atoms with Crippen molar-refractivity contribution in [1.82, 2.24) is 5.16 Å². The van der Waals surface area contributed by atoms with Gasteiger partial charge in [-0.3, -0.25) is 0 Å². The summed E-state index contributed by atoms with van der Waals surface area (Å²) in [5.74, 6) is 0.273. The van der Waals surface area contributed by atoms with Crippen molar-refractivity contribution in [2.75, 3.05) is 12.8 Å². The van der Waals surface area contributed by atoms with Crippen LogP contribution in [0.4, 0.5) is 5.88 Å². The van der Waals surface area contributed by atoms with E-state index in [-0.39, 0.29) is 5.88 Å². The van der Waals surface area contributed by atoms with Crippen LogP contribution in [0.25, 0.3) is 11.1 Å². The van der Waals surface area contributed by atoms with Crippen LogP contribution in [0.1, 0.15) is 5.69 Å². The summed E-state index contributed by atoms with van der Waals surface area (Å²) in [7, 11) is 1.59. The second kappa shape index (κ2) is 4.55. The Balaban J connectivity index is 2.50. The van der Waals surface area contributed by atoms with Gasteiger partial charge in [0.15, 0.2) is 0 Å². The van der Waals surface area contributed by atoms with E-state index in [1.807, 2.05) is 18.2 Å². The molecular weight excluding hydrogens is 228 g/mol. The smallest absolute Gasteiger partial charge is 0.230 e. The molecule has 2 N–H and O–H groups in total. The maximum Gasteiger partial charge on any atom is 0.230 e. The number of rotatable bonds is 3. The van der Waals surface area contributed by atoms with Crippen molar-refractivity contribution in [3.63, 3.8) is 0 Å². The van der Waals surface area contributed by atoms with Crippen LogP contribution in [-0.4, -0.2) is 12.3 Å². The molecule has 4 nitrogen and oxygen atoms in total. The molecule has 2 aromatic rings. The number of benzene rings is 1. The molecular formula is C11H11ClN2O2. The second-order valence-electron chi connectivity index (χ2n) is 3.31. The van der Waals surface area contributed by atoms with Crippen molar-refractivity contribution in [2.45, 2.75) is 6.61 Å². The number of methoxy groups -OCH3 is 1. The number of nitrogen functional groups attached to an aromatic ring is 1. The highest BCUT2D eigenvalue weighted by molar-refractivity contribution is 6.30. The van der Waals surface area contributed by atoms with Gasteiger partial charge in [-0.25, -0.2) is 0 Å². The molecule has 0 spiro atoms. The second-order valence-corrected chi connectivity index (χ2v) is 3.75. The monoisotopic (exact) mass is 238 g/mol. The van der Waals surface area contributed by atoms with Crippen LogP contribution in [-0.2, 0) is 11.3 Å². The number of anilines is 1. The highest BCUT2D eigenvalue weighted by atomic mass is 35.5. The van der Waals surface area contributed by atoms with E-state index in [1.54, 1.807) is 13.2 Å². The van der Waals surface area contributed by atoms with Gasteiger partial charge in [0.1, 0.15) is 5.69 Å². The lowest BCUT2D eigenvalue weighted by Gasteiger charge is -2.02. The maximum atomic E-state index is 5.92. The van der Waals surface area contributed by atoms with E-state index in [4.69, 9.17) is 26.6 Å². The molecule has 0 aliphatic rings. The third kappa shape index (κ3) is 2.03. The fourth-order valence-corrected chi connectivity index (χ4v) is 1.72. The summed E-state index contributed by atoms with van der Waals surface area (Å²) in [6.45, 7) is 0.350. The summed E-state index contributed by atoms with van der Waals surface area (Å²) < 4.78 is 9.97. The normalized spacial score (nSPS) is 10.6. The van der Waals surface area contributed by atoms with Crippen LogP contribution in [0.5, 0.6) is 0 Å². The van der Waals surface area contributed by atoms with E-state index in [1.165, 1.54) is 0 Å². The van der Waals surface area contributed by atoms with E-state index in [0.717, 1.165) is 11.1 Å². The minimum atomic E-state index is 0.273. The first-order valence-corrected chi connectivity index (χ1v) is 5.09. The lowest BCUT2D eigenvalue weighted by atomic mass is 10.1. The van der Waals surface area contributed by atoms with Crippen molar-refractivity contribution >= 4 is 17.5 Å². The minimum Gasteiger partial charge on any atom is -0.378 e. The van der Waals surface area contributed by atoms with Crippen molar-refractivity contribution in [3.05, 3.63) is 35.0 Å². The van der Waals surface area contributed by atoms with Crippen LogP contribution >= 0.6 is 11.6 Å². The fourth-order valence-electron chi connectivity index (χ4n) is 1.53. The van der Waals surface area contributed by atoms with Crippen LogP contribution in [0.3, 0.4) is 0 Å². The van der Waals surface area contributed by atoms with E-state index in [9.17, 15) is 0 Å². The molecule has 0 fully saturated rings. The Morgan fingerprint density at radius 3 is 3.00 bits per heavy atom. The number of ether oxygens (including phenoxy) is 1. The largest absolute Gasteiger partial charge is 0.378 e. The van der Waals surface area contributed by atoms with Crippen molar-refractivity contribution in [2.24, 2.45) is 0 Å². The Labute approximate surface area is 97.9 Å². The standard InChI is InChI=1S/C11H11ClN2O2/c1-15-6-9-10(11(13)16-14-9)7-3-2-4-8(12)5-7/h2-5H,6,13H2,1H3. The third-order valence-electron chi connectivity index (χ3n) is 2.18. The zero-order valence-electron chi connectivity index (χ0n) is 8.74. The molecule has 2 rings (SSSR count). The molecule has 1 heterocycles. The average molecular weight is 239 g/mol. The Hall–Kier alpha value is -1.52. The summed E-state index contributed by atoms with van der Waals surface area (Å²) in [6.07, 6.45) is 0. The highest BCUT2D eigenvalue weighted by Gasteiger charge is 2.15. The number of halogens is 1. The highest BCUT2D eigenvalue weighted by Crippen LogP contribution is 2.31. The van der Waals surface area contributed by atoms with E-state index in [2.05, 4.69) is 5.16 Å². The topological polar surface area (TPSA) is 61.3 Å². The SMILES string of the molecule is COCc1noc(N)c1-c1cccc(Cl)c1. The van der Waals surface area contributed by atoms with Gasteiger partial charge in [-0.2, -0.15) is 0 Å². The van der Waals surface area contributed by atoms with Gasteiger partial charge in [0.05, 0.1) is 12.2 Å². The molecule has 1 aromatic carbocycles. The van der Waals surface area contributed by atoms with Crippen LogP contribution < -0.4 is 5.73 Å². The van der Waals surface area contributed by atoms with Gasteiger partial charge in [-0.1, -0.05) is 28.9 Å². The Morgan fingerprint density at radius 2 is 2.31 bits per heavy atom. The van der Waals surface area contributed by atoms with Gasteiger partial charge in [0.25, 0.3) is 0 Å². The number of hydrogen-bond acceptors (Lipinski definition) is 4. The molecule has 5 heteroatoms. The molecule has 0 atom stereocenters.